The van der Waals surface area contributed by atoms with Crippen molar-refractivity contribution in [1.82, 2.24) is 0 Å². The molecule has 1 N–H and O–H groups in total. The van der Waals surface area contributed by atoms with Gasteiger partial charge >= 0.3 is 0 Å². The molecule has 0 amide bonds. The summed E-state index contributed by atoms with van der Waals surface area (Å²) >= 11 is 2.23. The van der Waals surface area contributed by atoms with Gasteiger partial charge < -0.3 is 5.11 Å². The molecule has 1 aromatic carbocycles. The Morgan fingerprint density at radius 2 is 2.00 bits per heavy atom. The van der Waals surface area contributed by atoms with Crippen LogP contribution in [0, 0.1) is 0 Å². The fourth-order valence-electron chi connectivity index (χ4n) is 1.19. The van der Waals surface area contributed by atoms with Gasteiger partial charge in [-0.15, -0.1) is 0 Å². The molecular formula is C12H13IO. The largest absolute Gasteiger partial charge is 0.389 e. The molecule has 1 rings (SSSR count). The molecule has 1 atom stereocenters. The van der Waals surface area contributed by atoms with E-state index < -0.39 is 6.10 Å². The zero-order valence-corrected chi connectivity index (χ0v) is 10.2. The monoisotopic (exact) mass is 300 g/mol. The topological polar surface area (TPSA) is 20.2 Å². The van der Waals surface area contributed by atoms with E-state index in [0.717, 1.165) is 14.7 Å². The Morgan fingerprint density at radius 1 is 1.43 bits per heavy atom. The first-order chi connectivity index (χ1) is 6.66. The van der Waals surface area contributed by atoms with Crippen LogP contribution >= 0.6 is 22.6 Å². The van der Waals surface area contributed by atoms with E-state index in [4.69, 9.17) is 0 Å². The Labute approximate surface area is 98.3 Å². The summed E-state index contributed by atoms with van der Waals surface area (Å²) in [4.78, 5) is 0. The van der Waals surface area contributed by atoms with E-state index in [-0.39, 0.29) is 0 Å². The van der Waals surface area contributed by atoms with Crippen LogP contribution in [-0.2, 0) is 0 Å². The van der Waals surface area contributed by atoms with Gasteiger partial charge in [-0.3, -0.25) is 0 Å². The van der Waals surface area contributed by atoms with E-state index in [9.17, 15) is 5.11 Å². The van der Waals surface area contributed by atoms with Gasteiger partial charge in [0.1, 0.15) is 0 Å². The third-order valence-corrected chi connectivity index (χ3v) is 3.20. The maximum atomic E-state index is 9.51. The number of rotatable bonds is 3. The Bertz CT molecular complexity index is 339. The zero-order valence-electron chi connectivity index (χ0n) is 8.07. The molecule has 74 valence electrons. The van der Waals surface area contributed by atoms with Gasteiger partial charge in [-0.2, -0.15) is 0 Å². The molecule has 0 fully saturated rings. The molecule has 0 aliphatic heterocycles. The number of hydrogen-bond acceptors (Lipinski definition) is 1. The van der Waals surface area contributed by atoms with Gasteiger partial charge in [0.2, 0.25) is 0 Å². The molecule has 1 unspecified atom stereocenters. The first-order valence-electron chi connectivity index (χ1n) is 4.42. The van der Waals surface area contributed by atoms with Crippen LogP contribution in [0.2, 0.25) is 0 Å². The first kappa shape index (κ1) is 11.5. The van der Waals surface area contributed by atoms with E-state index in [1.165, 1.54) is 0 Å². The number of aliphatic hydroxyl groups excluding tert-OH is 1. The second kappa shape index (κ2) is 5.32. The minimum Gasteiger partial charge on any atom is -0.389 e. The lowest BCUT2D eigenvalue weighted by molar-refractivity contribution is 0.236. The van der Waals surface area contributed by atoms with Crippen molar-refractivity contribution in [2.75, 3.05) is 0 Å². The lowest BCUT2D eigenvalue weighted by Crippen LogP contribution is -2.03. The van der Waals surface area contributed by atoms with Gasteiger partial charge in [0.05, 0.1) is 6.10 Å². The molecule has 14 heavy (non-hydrogen) atoms. The van der Waals surface area contributed by atoms with Crippen LogP contribution in [0.5, 0.6) is 0 Å². The summed E-state index contributed by atoms with van der Waals surface area (Å²) in [6, 6.07) is 9.98. The van der Waals surface area contributed by atoms with Crippen molar-refractivity contribution < 1.29 is 5.11 Å². The summed E-state index contributed by atoms with van der Waals surface area (Å²) in [7, 11) is 0. The summed E-state index contributed by atoms with van der Waals surface area (Å²) in [6.07, 6.45) is 1.24. The second-order valence-corrected chi connectivity index (χ2v) is 4.09. The van der Waals surface area contributed by atoms with Crippen LogP contribution < -0.4 is 0 Å². The van der Waals surface area contributed by atoms with E-state index in [1.54, 1.807) is 13.0 Å². The SMILES string of the molecule is C=C/C(=C(/I)c1ccccc1)C(C)O. The molecule has 0 saturated carbocycles. The van der Waals surface area contributed by atoms with Gasteiger partial charge in [-0.25, -0.2) is 0 Å². The van der Waals surface area contributed by atoms with E-state index in [0.29, 0.717) is 0 Å². The minimum absolute atomic E-state index is 0.473. The normalized spacial score (nSPS) is 14.5. The van der Waals surface area contributed by atoms with Crippen LogP contribution in [0.1, 0.15) is 12.5 Å². The summed E-state index contributed by atoms with van der Waals surface area (Å²) in [5.74, 6) is 0. The fraction of sp³-hybridized carbons (Fsp3) is 0.167. The number of hydrogen-bond donors (Lipinski definition) is 1. The number of aliphatic hydroxyl groups is 1. The highest BCUT2D eigenvalue weighted by molar-refractivity contribution is 14.1. The predicted octanol–water partition coefficient (Wildman–Crippen LogP) is 3.40. The number of halogens is 1. The van der Waals surface area contributed by atoms with E-state index in [2.05, 4.69) is 29.2 Å². The molecule has 0 spiro atoms. The van der Waals surface area contributed by atoms with Crippen molar-refractivity contribution in [3.8, 4) is 0 Å². The molecular weight excluding hydrogens is 287 g/mol. The quantitative estimate of drug-likeness (QED) is 0.670. The molecule has 0 saturated heterocycles. The van der Waals surface area contributed by atoms with Crippen molar-refractivity contribution >= 4 is 26.2 Å². The van der Waals surface area contributed by atoms with Gasteiger partial charge in [0, 0.05) is 3.58 Å². The highest BCUT2D eigenvalue weighted by atomic mass is 127. The summed E-state index contributed by atoms with van der Waals surface area (Å²) in [5.41, 5.74) is 1.99. The Hall–Kier alpha value is -0.610. The van der Waals surface area contributed by atoms with Crippen LogP contribution in [0.3, 0.4) is 0 Å². The molecule has 0 aromatic heterocycles. The Balaban J connectivity index is 3.14. The lowest BCUT2D eigenvalue weighted by atomic mass is 10.1. The zero-order chi connectivity index (χ0) is 10.6. The average molecular weight is 300 g/mol. The van der Waals surface area contributed by atoms with Crippen molar-refractivity contribution in [3.63, 3.8) is 0 Å². The van der Waals surface area contributed by atoms with Crippen LogP contribution in [0.15, 0.2) is 48.6 Å². The first-order valence-corrected chi connectivity index (χ1v) is 5.50. The van der Waals surface area contributed by atoms with Crippen LogP contribution in [-0.4, -0.2) is 11.2 Å². The maximum Gasteiger partial charge on any atom is 0.0772 e. The molecule has 0 heterocycles. The molecule has 2 heteroatoms. The Kier molecular flexibility index (Phi) is 4.35. The van der Waals surface area contributed by atoms with E-state index in [1.807, 2.05) is 30.3 Å². The predicted molar refractivity (Wildman–Crippen MR) is 69.3 cm³/mol. The van der Waals surface area contributed by atoms with E-state index >= 15 is 0 Å². The molecule has 0 bridgehead atoms. The lowest BCUT2D eigenvalue weighted by Gasteiger charge is -2.09. The standard InChI is InChI=1S/C12H13IO/c1-3-11(9(2)14)12(13)10-7-5-4-6-8-10/h3-9,14H,1H2,2H3/b12-11-. The van der Waals surface area contributed by atoms with Gasteiger partial charge in [0.15, 0.2) is 0 Å². The summed E-state index contributed by atoms with van der Waals surface area (Å²) < 4.78 is 1.05. The smallest absolute Gasteiger partial charge is 0.0772 e. The van der Waals surface area contributed by atoms with Crippen LogP contribution in [0.4, 0.5) is 0 Å². The molecule has 0 radical (unpaired) electrons. The Morgan fingerprint density at radius 3 is 2.43 bits per heavy atom. The van der Waals surface area contributed by atoms with Crippen molar-refractivity contribution in [1.29, 1.82) is 0 Å². The summed E-state index contributed by atoms with van der Waals surface area (Å²) in [5, 5.41) is 9.51. The van der Waals surface area contributed by atoms with Crippen molar-refractivity contribution in [2.24, 2.45) is 0 Å². The number of benzene rings is 1. The maximum absolute atomic E-state index is 9.51. The highest BCUT2D eigenvalue weighted by Crippen LogP contribution is 2.27. The fourth-order valence-corrected chi connectivity index (χ4v) is 2.23. The molecule has 0 aliphatic carbocycles. The van der Waals surface area contributed by atoms with Crippen molar-refractivity contribution in [3.05, 3.63) is 54.1 Å². The molecule has 1 aromatic rings. The molecule has 1 nitrogen and oxygen atoms in total. The second-order valence-electron chi connectivity index (χ2n) is 3.02. The average Bonchev–Trinajstić information content (AvgIpc) is 2.19. The van der Waals surface area contributed by atoms with Gasteiger partial charge in [-0.1, -0.05) is 43.0 Å². The summed E-state index contributed by atoms with van der Waals surface area (Å²) in [6.45, 7) is 5.45. The van der Waals surface area contributed by atoms with Crippen molar-refractivity contribution in [2.45, 2.75) is 13.0 Å². The minimum atomic E-state index is -0.473. The third kappa shape index (κ3) is 2.69. The van der Waals surface area contributed by atoms with Gasteiger partial charge in [0.25, 0.3) is 0 Å². The van der Waals surface area contributed by atoms with Gasteiger partial charge in [-0.05, 0) is 40.7 Å². The van der Waals surface area contributed by atoms with Crippen LogP contribution in [0.25, 0.3) is 3.58 Å². The molecule has 0 aliphatic rings. The third-order valence-electron chi connectivity index (χ3n) is 1.95. The highest BCUT2D eigenvalue weighted by Gasteiger charge is 2.07.